The second-order valence-electron chi connectivity index (χ2n) is 25.3. The van der Waals surface area contributed by atoms with E-state index in [0.29, 0.717) is 11.8 Å². The Hall–Kier alpha value is -11.6. The second kappa shape index (κ2) is 21.0. The summed E-state index contributed by atoms with van der Waals surface area (Å²) in [5.41, 5.74) is 21.3. The van der Waals surface area contributed by atoms with E-state index >= 15 is 0 Å². The smallest absolute Gasteiger partial charge is 0.147 e. The van der Waals surface area contributed by atoms with Gasteiger partial charge >= 0.3 is 0 Å². The highest BCUT2D eigenvalue weighted by Crippen LogP contribution is 2.49. The largest absolute Gasteiger partial charge is 0.455 e. The van der Waals surface area contributed by atoms with E-state index in [0.717, 1.165) is 122 Å². The van der Waals surface area contributed by atoms with Crippen LogP contribution in [0.25, 0.3) is 132 Å². The number of aromatic nitrogens is 2. The molecule has 0 N–H and O–H groups in total. The van der Waals surface area contributed by atoms with Crippen molar-refractivity contribution in [2.24, 2.45) is 0 Å². The van der Waals surface area contributed by atoms with Gasteiger partial charge < -0.3 is 27.8 Å². The van der Waals surface area contributed by atoms with Crippen LogP contribution in [0.3, 0.4) is 0 Å². The molecule has 14 aromatic carbocycles. The number of nitrogens with zero attached hydrogens (tertiary/aromatic N) is 4. The molecule has 0 unspecified atom stereocenters. The Bertz CT molecular complexity index is 5590. The molecule has 0 radical (unpaired) electrons. The highest BCUT2D eigenvalue weighted by atomic mass is 16.3. The third-order valence-corrected chi connectivity index (χ3v) is 19.2. The van der Waals surface area contributed by atoms with Gasteiger partial charge in [0.15, 0.2) is 0 Å². The van der Waals surface area contributed by atoms with Crippen LogP contribution in [0.4, 0.5) is 34.1 Å². The van der Waals surface area contributed by atoms with E-state index in [4.69, 9.17) is 8.83 Å². The number of hydrogen-bond donors (Lipinski definition) is 0. The summed E-state index contributed by atoms with van der Waals surface area (Å²) in [6.45, 7) is 9.00. The predicted molar refractivity (Wildman–Crippen MR) is 388 cm³/mol. The summed E-state index contributed by atoms with van der Waals surface area (Å²) in [6.07, 6.45) is 0. The Morgan fingerprint density at radius 1 is 0.272 bits per heavy atom. The van der Waals surface area contributed by atoms with Gasteiger partial charge in [-0.1, -0.05) is 167 Å². The third-order valence-electron chi connectivity index (χ3n) is 19.2. The van der Waals surface area contributed by atoms with Crippen molar-refractivity contribution in [1.29, 1.82) is 0 Å². The monoisotopic (exact) mass is 1180 g/mol. The van der Waals surface area contributed by atoms with Gasteiger partial charge in [-0.3, -0.25) is 0 Å². The lowest BCUT2D eigenvalue weighted by molar-refractivity contribution is 0.658. The molecule has 6 heteroatoms. The maximum absolute atomic E-state index is 7.20. The van der Waals surface area contributed by atoms with E-state index in [1.807, 2.05) is 0 Å². The number of benzene rings is 14. The van der Waals surface area contributed by atoms with Crippen molar-refractivity contribution in [3.8, 4) is 22.5 Å². The molecule has 0 saturated heterocycles. The lowest BCUT2D eigenvalue weighted by Crippen LogP contribution is -2.10. The topological polar surface area (TPSA) is 42.6 Å². The van der Waals surface area contributed by atoms with E-state index in [1.165, 1.54) is 54.7 Å². The number of anilines is 6. The Labute approximate surface area is 532 Å². The minimum Gasteiger partial charge on any atom is -0.455 e. The zero-order valence-electron chi connectivity index (χ0n) is 51.5. The van der Waals surface area contributed by atoms with Crippen LogP contribution in [-0.4, -0.2) is 9.13 Å². The first-order chi connectivity index (χ1) is 45.2. The molecule has 0 aliphatic carbocycles. The van der Waals surface area contributed by atoms with E-state index < -0.39 is 0 Å². The summed E-state index contributed by atoms with van der Waals surface area (Å²) < 4.78 is 19.2. The van der Waals surface area contributed by atoms with Crippen molar-refractivity contribution in [3.63, 3.8) is 0 Å². The van der Waals surface area contributed by atoms with Crippen LogP contribution >= 0.6 is 0 Å². The van der Waals surface area contributed by atoms with Gasteiger partial charge in [0.2, 0.25) is 0 Å². The summed E-state index contributed by atoms with van der Waals surface area (Å²) in [5, 5.41) is 13.5. The molecule has 18 rings (SSSR count). The number of rotatable bonds is 11. The van der Waals surface area contributed by atoms with Gasteiger partial charge in [-0.25, -0.2) is 0 Å². The normalized spacial score (nSPS) is 12.1. The highest BCUT2D eigenvalue weighted by Gasteiger charge is 2.25. The van der Waals surface area contributed by atoms with Crippen LogP contribution in [0.5, 0.6) is 0 Å². The zero-order valence-corrected chi connectivity index (χ0v) is 51.5. The molecule has 0 bridgehead atoms. The minimum atomic E-state index is 0.412. The second-order valence-corrected chi connectivity index (χ2v) is 25.3. The predicted octanol–water partition coefficient (Wildman–Crippen LogP) is 24.8. The van der Waals surface area contributed by atoms with E-state index in [2.05, 4.69) is 338 Å². The van der Waals surface area contributed by atoms with E-state index in [1.54, 1.807) is 0 Å². The van der Waals surface area contributed by atoms with E-state index in [-0.39, 0.29) is 0 Å². The first kappa shape index (κ1) is 53.4. The van der Waals surface area contributed by atoms with Gasteiger partial charge in [-0.05, 0) is 202 Å². The fourth-order valence-corrected chi connectivity index (χ4v) is 14.6. The van der Waals surface area contributed by atoms with Crippen LogP contribution in [0.1, 0.15) is 50.7 Å². The van der Waals surface area contributed by atoms with Gasteiger partial charge in [0.05, 0.1) is 27.6 Å². The van der Waals surface area contributed by atoms with Gasteiger partial charge in [-0.2, -0.15) is 0 Å². The van der Waals surface area contributed by atoms with Crippen molar-refractivity contribution in [2.45, 2.75) is 39.5 Å². The highest BCUT2D eigenvalue weighted by molar-refractivity contribution is 6.24. The first-order valence-corrected chi connectivity index (χ1v) is 32.0. The van der Waals surface area contributed by atoms with Crippen LogP contribution in [0.2, 0.25) is 0 Å². The van der Waals surface area contributed by atoms with Gasteiger partial charge in [-0.15, -0.1) is 0 Å². The fraction of sp³-hybridized carbons (Fsp3) is 0.0698. The van der Waals surface area contributed by atoms with Gasteiger partial charge in [0, 0.05) is 88.6 Å². The molecular weight excluding hydrogens is 1120 g/mol. The maximum Gasteiger partial charge on any atom is 0.147 e. The molecule has 0 amide bonds. The van der Waals surface area contributed by atoms with Gasteiger partial charge in [0.25, 0.3) is 0 Å². The van der Waals surface area contributed by atoms with Crippen molar-refractivity contribution in [1.82, 2.24) is 9.13 Å². The number of furan rings is 2. The van der Waals surface area contributed by atoms with E-state index in [9.17, 15) is 0 Å². The lowest BCUT2D eigenvalue weighted by atomic mass is 9.97. The Morgan fingerprint density at radius 2 is 0.641 bits per heavy atom. The summed E-state index contributed by atoms with van der Waals surface area (Å²) in [7, 11) is 0. The molecular formula is C86H62N4O2. The molecule has 0 saturated carbocycles. The molecule has 0 atom stereocenters. The Balaban J connectivity index is 0.772. The van der Waals surface area contributed by atoms with Crippen molar-refractivity contribution < 1.29 is 8.83 Å². The third kappa shape index (κ3) is 8.55. The number of para-hydroxylation sites is 4. The van der Waals surface area contributed by atoms with Crippen LogP contribution in [0.15, 0.2) is 300 Å². The molecule has 4 heterocycles. The molecule has 0 fully saturated rings. The fourth-order valence-electron chi connectivity index (χ4n) is 14.6. The van der Waals surface area contributed by atoms with Crippen LogP contribution in [0, 0.1) is 0 Å². The number of hydrogen-bond acceptors (Lipinski definition) is 4. The summed E-state index contributed by atoms with van der Waals surface area (Å²) in [4.78, 5) is 4.79. The summed E-state index contributed by atoms with van der Waals surface area (Å²) in [6, 6.07) is 106. The van der Waals surface area contributed by atoms with Gasteiger partial charge in [0.1, 0.15) is 22.3 Å². The summed E-state index contributed by atoms with van der Waals surface area (Å²) >= 11 is 0. The summed E-state index contributed by atoms with van der Waals surface area (Å²) in [5.74, 6) is 0.825. The molecule has 6 nitrogen and oxygen atoms in total. The first-order valence-electron chi connectivity index (χ1n) is 32.0. The van der Waals surface area contributed by atoms with Crippen molar-refractivity contribution in [2.75, 3.05) is 9.80 Å². The maximum atomic E-state index is 7.20. The average Bonchev–Trinajstić information content (AvgIpc) is 1.59. The van der Waals surface area contributed by atoms with Crippen molar-refractivity contribution in [3.05, 3.63) is 302 Å². The average molecular weight is 1180 g/mol. The number of fused-ring (bicyclic) bond motifs is 14. The lowest BCUT2D eigenvalue weighted by Gasteiger charge is -2.26. The zero-order chi connectivity index (χ0) is 61.3. The molecule has 0 spiro atoms. The standard InChI is InChI=1S/C86H62N4O2/c1-53(2)55-28-34-64(35-29-55)87(68-40-42-80-72(50-68)70-24-14-16-26-78(70)89(80)62-20-10-6-11-21-62)66-38-32-58-46-74-76-52-77-75-47-59-33-39-67(45-61(59)49-83(75)92-86(77)84(57-18-8-5-9-19-57)85(76)91-82(74)48-60(58)44-66)88(65-36-30-56(31-37-65)54(3)4)69-41-43-81-73(51-69)71-25-15-17-27-79(71)90(81)63-22-12-7-13-23-63/h5-54H,1-4H3. The van der Waals surface area contributed by atoms with Crippen LogP contribution in [-0.2, 0) is 0 Å². The molecule has 92 heavy (non-hydrogen) atoms. The Morgan fingerprint density at radius 3 is 1.08 bits per heavy atom. The molecule has 18 aromatic rings. The Kier molecular flexibility index (Phi) is 12.2. The molecule has 438 valence electrons. The minimum absolute atomic E-state index is 0.412. The van der Waals surface area contributed by atoms with Crippen LogP contribution < -0.4 is 9.80 Å². The quantitative estimate of drug-likeness (QED) is 0.129. The molecule has 4 aromatic heterocycles. The molecule has 0 aliphatic heterocycles. The SMILES string of the molecule is CC(C)c1ccc(N(c2ccc3cc4c(cc3c2)oc2c(-c3ccccc3)c3oc5cc6cc(N(c7ccc(C(C)C)cc7)c7ccc8c(c7)c7ccccc7n8-c7ccccc7)ccc6cc5c3cc24)c2ccc3c(c2)c2ccccc2n3-c2ccccc2)cc1. The van der Waals surface area contributed by atoms with Crippen molar-refractivity contribution >= 4 is 143 Å². The molecule has 0 aliphatic rings.